The number of carbonyl (C=O) groups is 2. The fourth-order valence-electron chi connectivity index (χ4n) is 5.33. The van der Waals surface area contributed by atoms with Crippen LogP contribution in [0.4, 0.5) is 0 Å². The van der Waals surface area contributed by atoms with Crippen LogP contribution >= 0.6 is 0 Å². The van der Waals surface area contributed by atoms with Gasteiger partial charge in [0.05, 0.1) is 19.8 Å². The molecule has 166 valence electrons. The average molecular weight is 425 g/mol. The quantitative estimate of drug-likeness (QED) is 0.800. The van der Waals surface area contributed by atoms with Crippen molar-refractivity contribution in [2.24, 2.45) is 0 Å². The van der Waals surface area contributed by atoms with E-state index in [0.29, 0.717) is 18.8 Å². The molecule has 3 heterocycles. The van der Waals surface area contributed by atoms with E-state index in [0.717, 1.165) is 69.4 Å². The second-order valence-corrected chi connectivity index (χ2v) is 9.31. The zero-order chi connectivity index (χ0) is 21.4. The van der Waals surface area contributed by atoms with Crippen molar-refractivity contribution in [1.29, 1.82) is 0 Å². The first-order valence-electron chi connectivity index (χ1n) is 11.6. The molecule has 1 aromatic heterocycles. The molecule has 1 saturated heterocycles. The predicted molar refractivity (Wildman–Crippen MR) is 119 cm³/mol. The monoisotopic (exact) mass is 424 g/mol. The Morgan fingerprint density at radius 2 is 1.90 bits per heavy atom. The molecular formula is C24H32N4O3. The van der Waals surface area contributed by atoms with Gasteiger partial charge in [-0.3, -0.25) is 14.5 Å². The molecule has 0 bridgehead atoms. The zero-order valence-corrected chi connectivity index (χ0v) is 18.3. The Kier molecular flexibility index (Phi) is 5.48. The van der Waals surface area contributed by atoms with Gasteiger partial charge in [-0.25, -0.2) is 0 Å². The minimum atomic E-state index is -0.916. The maximum absolute atomic E-state index is 13.7. The lowest BCUT2D eigenvalue weighted by Gasteiger charge is -2.45. The second-order valence-electron chi connectivity index (χ2n) is 9.31. The van der Waals surface area contributed by atoms with Crippen molar-refractivity contribution < 1.29 is 14.3 Å². The molecule has 1 aliphatic carbocycles. The molecule has 1 atom stereocenters. The first-order valence-corrected chi connectivity index (χ1v) is 11.6. The molecule has 0 unspecified atom stereocenters. The van der Waals surface area contributed by atoms with E-state index in [4.69, 9.17) is 4.74 Å². The summed E-state index contributed by atoms with van der Waals surface area (Å²) in [5.74, 6) is -0.0852. The highest BCUT2D eigenvalue weighted by molar-refractivity contribution is 6.03. The van der Waals surface area contributed by atoms with Crippen LogP contribution in [0, 0.1) is 0 Å². The van der Waals surface area contributed by atoms with Crippen LogP contribution in [0.25, 0.3) is 10.9 Å². The van der Waals surface area contributed by atoms with E-state index in [2.05, 4.69) is 10.2 Å². The van der Waals surface area contributed by atoms with Gasteiger partial charge in [-0.2, -0.15) is 0 Å². The van der Waals surface area contributed by atoms with E-state index in [1.54, 1.807) is 0 Å². The van der Waals surface area contributed by atoms with E-state index in [1.165, 1.54) is 0 Å². The summed E-state index contributed by atoms with van der Waals surface area (Å²) >= 11 is 0. The van der Waals surface area contributed by atoms with Crippen molar-refractivity contribution in [3.63, 3.8) is 0 Å². The third-order valence-electron chi connectivity index (χ3n) is 7.26. The van der Waals surface area contributed by atoms with Crippen molar-refractivity contribution in [2.75, 3.05) is 39.4 Å². The zero-order valence-electron chi connectivity index (χ0n) is 18.3. The third-order valence-corrected chi connectivity index (χ3v) is 7.26. The largest absolute Gasteiger partial charge is 0.379 e. The van der Waals surface area contributed by atoms with Gasteiger partial charge in [-0.15, -0.1) is 0 Å². The van der Waals surface area contributed by atoms with Crippen molar-refractivity contribution in [3.8, 4) is 0 Å². The molecule has 2 aromatic rings. The standard InChI is InChI=1S/C24H32N4O3/c1-24(23(30)25-19-7-3-4-8-19)17-27-20-9-5-2-6-18(20)16-21(27)22(29)28(24)11-10-26-12-14-31-15-13-26/h2,5-6,9,16,19H,3-4,7-8,10-15,17H2,1H3,(H,25,30)/t24-/m0/s1. The minimum Gasteiger partial charge on any atom is -0.379 e. The van der Waals surface area contributed by atoms with E-state index in [-0.39, 0.29) is 17.9 Å². The Labute approximate surface area is 183 Å². The number of amides is 2. The first-order chi connectivity index (χ1) is 15.1. The van der Waals surface area contributed by atoms with Crippen molar-refractivity contribution in [3.05, 3.63) is 36.0 Å². The van der Waals surface area contributed by atoms with Gasteiger partial charge in [0.15, 0.2) is 0 Å². The fourth-order valence-corrected chi connectivity index (χ4v) is 5.33. The molecule has 2 fully saturated rings. The molecule has 31 heavy (non-hydrogen) atoms. The summed E-state index contributed by atoms with van der Waals surface area (Å²) in [5.41, 5.74) is 0.772. The van der Waals surface area contributed by atoms with Gasteiger partial charge in [0.25, 0.3) is 5.91 Å². The lowest BCUT2D eigenvalue weighted by atomic mass is 9.94. The Balaban J connectivity index is 1.46. The summed E-state index contributed by atoms with van der Waals surface area (Å²) in [6.07, 6.45) is 4.38. The van der Waals surface area contributed by atoms with Crippen LogP contribution in [0.2, 0.25) is 0 Å². The van der Waals surface area contributed by atoms with Gasteiger partial charge in [0.2, 0.25) is 5.91 Å². The molecule has 7 nitrogen and oxygen atoms in total. The van der Waals surface area contributed by atoms with Gasteiger partial charge in [-0.1, -0.05) is 31.0 Å². The Morgan fingerprint density at radius 1 is 1.16 bits per heavy atom. The molecular weight excluding hydrogens is 392 g/mol. The molecule has 0 radical (unpaired) electrons. The normalized spacial score (nSPS) is 25.2. The van der Waals surface area contributed by atoms with E-state index in [9.17, 15) is 9.59 Å². The number of para-hydroxylation sites is 1. The number of carbonyl (C=O) groups excluding carboxylic acids is 2. The number of nitrogens with one attached hydrogen (secondary N) is 1. The lowest BCUT2D eigenvalue weighted by Crippen LogP contribution is -2.65. The van der Waals surface area contributed by atoms with Crippen molar-refractivity contribution >= 4 is 22.7 Å². The summed E-state index contributed by atoms with van der Waals surface area (Å²) in [7, 11) is 0. The van der Waals surface area contributed by atoms with Crippen molar-refractivity contribution in [1.82, 2.24) is 19.7 Å². The van der Waals surface area contributed by atoms with E-state index >= 15 is 0 Å². The Bertz CT molecular complexity index is 974. The summed E-state index contributed by atoms with van der Waals surface area (Å²) in [6, 6.07) is 10.2. The summed E-state index contributed by atoms with van der Waals surface area (Å²) in [6.45, 7) is 6.88. The van der Waals surface area contributed by atoms with Crippen LogP contribution < -0.4 is 5.32 Å². The van der Waals surface area contributed by atoms with Crippen LogP contribution in [-0.4, -0.2) is 77.2 Å². The number of hydrogen-bond donors (Lipinski definition) is 1. The number of nitrogens with zero attached hydrogens (tertiary/aromatic N) is 3. The van der Waals surface area contributed by atoms with Gasteiger partial charge in [0, 0.05) is 43.1 Å². The molecule has 2 aliphatic heterocycles. The Morgan fingerprint density at radius 3 is 2.68 bits per heavy atom. The molecule has 1 aromatic carbocycles. The van der Waals surface area contributed by atoms with E-state index in [1.807, 2.05) is 46.7 Å². The maximum atomic E-state index is 13.7. The fraction of sp³-hybridized carbons (Fsp3) is 0.583. The molecule has 3 aliphatic rings. The topological polar surface area (TPSA) is 66.8 Å². The summed E-state index contributed by atoms with van der Waals surface area (Å²) in [4.78, 5) is 31.4. The highest BCUT2D eigenvalue weighted by Crippen LogP contribution is 2.33. The summed E-state index contributed by atoms with van der Waals surface area (Å²) in [5, 5.41) is 4.31. The van der Waals surface area contributed by atoms with Gasteiger partial charge >= 0.3 is 0 Å². The molecule has 5 rings (SSSR count). The van der Waals surface area contributed by atoms with Crippen LogP contribution in [0.15, 0.2) is 30.3 Å². The highest BCUT2D eigenvalue weighted by Gasteiger charge is 2.48. The number of fused-ring (bicyclic) bond motifs is 3. The molecule has 1 saturated carbocycles. The maximum Gasteiger partial charge on any atom is 0.271 e. The number of hydrogen-bond acceptors (Lipinski definition) is 4. The highest BCUT2D eigenvalue weighted by atomic mass is 16.5. The van der Waals surface area contributed by atoms with Gasteiger partial charge < -0.3 is 19.5 Å². The van der Waals surface area contributed by atoms with Crippen molar-refractivity contribution in [2.45, 2.75) is 50.7 Å². The first kappa shape index (κ1) is 20.5. The Hall–Kier alpha value is -2.38. The molecule has 7 heteroatoms. The molecule has 0 spiro atoms. The number of benzene rings is 1. The molecule has 2 amide bonds. The lowest BCUT2D eigenvalue weighted by molar-refractivity contribution is -0.133. The van der Waals surface area contributed by atoms with Crippen LogP contribution in [0.3, 0.4) is 0 Å². The van der Waals surface area contributed by atoms with Crippen LogP contribution in [-0.2, 0) is 16.1 Å². The second kappa shape index (κ2) is 8.28. The molecule has 1 N–H and O–H groups in total. The van der Waals surface area contributed by atoms with E-state index < -0.39 is 5.54 Å². The number of rotatable bonds is 5. The van der Waals surface area contributed by atoms with Gasteiger partial charge in [0.1, 0.15) is 11.2 Å². The predicted octanol–water partition coefficient (Wildman–Crippen LogP) is 2.25. The number of ether oxygens (including phenoxy) is 1. The van der Waals surface area contributed by atoms with Gasteiger partial charge in [-0.05, 0) is 31.9 Å². The SMILES string of the molecule is C[C@@]1(C(=O)NC2CCCC2)Cn2c(cc3ccccc32)C(=O)N1CCN1CCOCC1. The summed E-state index contributed by atoms with van der Waals surface area (Å²) < 4.78 is 7.50. The van der Waals surface area contributed by atoms with Crippen LogP contribution in [0.1, 0.15) is 43.1 Å². The third kappa shape index (κ3) is 3.74. The van der Waals surface area contributed by atoms with Crippen LogP contribution in [0.5, 0.6) is 0 Å². The number of aromatic nitrogens is 1. The average Bonchev–Trinajstić information content (AvgIpc) is 3.42. The number of morpholine rings is 1. The smallest absolute Gasteiger partial charge is 0.271 e. The minimum absolute atomic E-state index is 0.0295.